The van der Waals surface area contributed by atoms with Crippen LogP contribution in [0.1, 0.15) is 69.5 Å². The first kappa shape index (κ1) is 44.7. The fraction of sp³-hybridized carbons (Fsp3) is 0.0649. The molecule has 0 saturated carbocycles. The van der Waals surface area contributed by atoms with Crippen LogP contribution in [0.15, 0.2) is 285 Å². The molecule has 1 heteroatoms. The van der Waals surface area contributed by atoms with E-state index < -0.39 is 10.8 Å². The number of fused-ring (bicyclic) bond motifs is 16. The van der Waals surface area contributed by atoms with Gasteiger partial charge in [-0.25, -0.2) is 0 Å². The predicted molar refractivity (Wildman–Crippen MR) is 323 cm³/mol. The predicted octanol–water partition coefficient (Wildman–Crippen LogP) is 19.5. The monoisotopic (exact) mass is 991 g/mol. The highest BCUT2D eigenvalue weighted by atomic mass is 15.1. The summed E-state index contributed by atoms with van der Waals surface area (Å²) in [4.78, 5) is 2.56. The summed E-state index contributed by atoms with van der Waals surface area (Å²) in [5, 5.41) is 0. The maximum Gasteiger partial charge on any atom is 0.0726 e. The van der Waals surface area contributed by atoms with Crippen LogP contribution < -0.4 is 4.90 Å². The first-order valence-electron chi connectivity index (χ1n) is 27.5. The summed E-state index contributed by atoms with van der Waals surface area (Å²) in [6.07, 6.45) is 0. The maximum absolute atomic E-state index is 2.56. The van der Waals surface area contributed by atoms with Crippen LogP contribution in [0.25, 0.3) is 66.8 Å². The third kappa shape index (κ3) is 6.07. The summed E-state index contributed by atoms with van der Waals surface area (Å²) < 4.78 is 0. The summed E-state index contributed by atoms with van der Waals surface area (Å²) in [6, 6.07) is 108. The molecular weight excluding hydrogens is 939 g/mol. The summed E-state index contributed by atoms with van der Waals surface area (Å²) in [5.74, 6) is 0. The Bertz CT molecular complexity index is 4190. The summed E-state index contributed by atoms with van der Waals surface area (Å²) in [7, 11) is 0. The first-order valence-corrected chi connectivity index (χ1v) is 27.5. The van der Waals surface area contributed by atoms with Crippen molar-refractivity contribution in [3.63, 3.8) is 0 Å². The Morgan fingerprint density at radius 1 is 0.218 bits per heavy atom. The second kappa shape index (κ2) is 16.7. The normalized spacial score (nSPS) is 14.6. The first-order chi connectivity index (χ1) is 38.4. The van der Waals surface area contributed by atoms with Gasteiger partial charge in [-0.05, 0) is 165 Å². The van der Waals surface area contributed by atoms with Gasteiger partial charge in [0.2, 0.25) is 0 Å². The molecular formula is C77H53N. The zero-order chi connectivity index (χ0) is 51.7. The zero-order valence-electron chi connectivity index (χ0n) is 43.6. The summed E-state index contributed by atoms with van der Waals surface area (Å²) >= 11 is 0. The number of hydrogen-bond acceptors (Lipinski definition) is 1. The molecule has 0 saturated heterocycles. The number of rotatable bonds is 7. The van der Waals surface area contributed by atoms with E-state index in [1.807, 2.05) is 0 Å². The van der Waals surface area contributed by atoms with Gasteiger partial charge in [-0.2, -0.15) is 0 Å². The average Bonchev–Trinajstić information content (AvgIpc) is 4.29. The van der Waals surface area contributed by atoms with Gasteiger partial charge in [-0.3, -0.25) is 0 Å². The molecule has 366 valence electrons. The van der Waals surface area contributed by atoms with E-state index in [2.05, 4.69) is 304 Å². The molecule has 0 N–H and O–H groups in total. The van der Waals surface area contributed by atoms with Crippen molar-refractivity contribution in [3.8, 4) is 66.8 Å². The Labute approximate surface area is 457 Å². The summed E-state index contributed by atoms with van der Waals surface area (Å²) in [5.41, 5.74) is 30.4. The van der Waals surface area contributed by atoms with Gasteiger partial charge >= 0.3 is 0 Å². The minimum Gasteiger partial charge on any atom is -0.310 e. The molecule has 0 bridgehead atoms. The Balaban J connectivity index is 0.912. The van der Waals surface area contributed by atoms with E-state index in [-0.39, 0.29) is 5.41 Å². The third-order valence-electron chi connectivity index (χ3n) is 18.2. The molecule has 78 heavy (non-hydrogen) atoms. The van der Waals surface area contributed by atoms with E-state index in [0.717, 1.165) is 17.1 Å². The highest BCUT2D eigenvalue weighted by molar-refractivity contribution is 5.97. The largest absolute Gasteiger partial charge is 0.310 e. The zero-order valence-corrected chi connectivity index (χ0v) is 43.6. The molecule has 16 rings (SSSR count). The lowest BCUT2D eigenvalue weighted by Crippen LogP contribution is -2.28. The second-order valence-electron chi connectivity index (χ2n) is 22.3. The molecule has 0 aromatic heterocycles. The van der Waals surface area contributed by atoms with Gasteiger partial charge in [-0.15, -0.1) is 0 Å². The Morgan fingerprint density at radius 3 is 0.974 bits per heavy atom. The molecule has 1 spiro atoms. The van der Waals surface area contributed by atoms with Crippen molar-refractivity contribution in [3.05, 3.63) is 341 Å². The van der Waals surface area contributed by atoms with Crippen molar-refractivity contribution >= 4 is 17.1 Å². The van der Waals surface area contributed by atoms with Gasteiger partial charge in [0.1, 0.15) is 0 Å². The maximum atomic E-state index is 2.56. The van der Waals surface area contributed by atoms with Gasteiger partial charge in [0.25, 0.3) is 0 Å². The molecule has 12 aromatic carbocycles. The van der Waals surface area contributed by atoms with Crippen molar-refractivity contribution in [2.45, 2.75) is 30.1 Å². The van der Waals surface area contributed by atoms with E-state index in [0.29, 0.717) is 0 Å². The minimum absolute atomic E-state index is 0.275. The Hall–Kier alpha value is -9.56. The lowest BCUT2D eigenvalue weighted by molar-refractivity contribution is 0.660. The van der Waals surface area contributed by atoms with Crippen molar-refractivity contribution < 1.29 is 0 Å². The van der Waals surface area contributed by atoms with Crippen molar-refractivity contribution in [2.75, 3.05) is 4.90 Å². The highest BCUT2D eigenvalue weighted by Crippen LogP contribution is 2.64. The average molecular weight is 992 g/mol. The molecule has 4 aliphatic rings. The van der Waals surface area contributed by atoms with Crippen LogP contribution >= 0.6 is 0 Å². The molecule has 0 radical (unpaired) electrons. The van der Waals surface area contributed by atoms with Gasteiger partial charge in [-0.1, -0.05) is 257 Å². The number of benzene rings is 12. The molecule has 0 heterocycles. The highest BCUT2D eigenvalue weighted by Gasteiger charge is 2.52. The molecule has 0 amide bonds. The smallest absolute Gasteiger partial charge is 0.0726 e. The summed E-state index contributed by atoms with van der Waals surface area (Å²) in [6.45, 7) is 4.83. The molecule has 4 aliphatic carbocycles. The Morgan fingerprint density at radius 2 is 0.513 bits per heavy atom. The number of nitrogens with zero attached hydrogens (tertiary/aromatic N) is 1. The molecule has 0 aliphatic heterocycles. The van der Waals surface area contributed by atoms with Gasteiger partial charge in [0.05, 0.1) is 10.8 Å². The van der Waals surface area contributed by atoms with E-state index in [1.165, 1.54) is 122 Å². The van der Waals surface area contributed by atoms with Gasteiger partial charge in [0.15, 0.2) is 0 Å². The second-order valence-corrected chi connectivity index (χ2v) is 22.3. The minimum atomic E-state index is -0.557. The van der Waals surface area contributed by atoms with Crippen LogP contribution in [0.5, 0.6) is 0 Å². The fourth-order valence-corrected chi connectivity index (χ4v) is 14.8. The molecule has 1 nitrogen and oxygen atoms in total. The van der Waals surface area contributed by atoms with E-state index >= 15 is 0 Å². The molecule has 12 aromatic rings. The van der Waals surface area contributed by atoms with Crippen molar-refractivity contribution in [1.82, 2.24) is 0 Å². The van der Waals surface area contributed by atoms with E-state index in [9.17, 15) is 0 Å². The van der Waals surface area contributed by atoms with E-state index in [1.54, 1.807) is 0 Å². The van der Waals surface area contributed by atoms with Gasteiger partial charge < -0.3 is 4.90 Å². The van der Waals surface area contributed by atoms with E-state index in [4.69, 9.17) is 0 Å². The standard InChI is InChI=1S/C77H53N/c1-75(2)71-46-53(52-36-34-51(35-37-52)50-20-6-3-7-21-50)38-42-63(71)64-43-39-56(47-72(64)75)78(57-40-44-65-61-28-12-16-30-67(61)76(73(65)48-57,54-22-8-4-9-23-54)55-24-10-5-11-25-55)58-41-45-66-62-29-15-19-33-70(62)77(74(66)49-58)68-31-17-13-26-59(68)60-27-14-18-32-69(60)77/h3-49H,1-2H3. The molecule has 0 atom stereocenters. The number of anilines is 3. The van der Waals surface area contributed by atoms with Crippen molar-refractivity contribution in [2.24, 2.45) is 0 Å². The van der Waals surface area contributed by atoms with Crippen LogP contribution in [0.2, 0.25) is 0 Å². The van der Waals surface area contributed by atoms with Crippen molar-refractivity contribution in [1.29, 1.82) is 0 Å². The quantitative estimate of drug-likeness (QED) is 0.154. The lowest BCUT2D eigenvalue weighted by Gasteiger charge is -2.35. The van der Waals surface area contributed by atoms with Crippen LogP contribution in [0.4, 0.5) is 17.1 Å². The van der Waals surface area contributed by atoms with Crippen LogP contribution in [-0.2, 0) is 16.2 Å². The van der Waals surface area contributed by atoms with Gasteiger partial charge in [0, 0.05) is 22.5 Å². The Kier molecular flexibility index (Phi) is 9.58. The third-order valence-corrected chi connectivity index (χ3v) is 18.2. The molecule has 0 unspecified atom stereocenters. The van der Waals surface area contributed by atoms with Crippen LogP contribution in [0.3, 0.4) is 0 Å². The number of hydrogen-bond donors (Lipinski definition) is 0. The van der Waals surface area contributed by atoms with Crippen LogP contribution in [-0.4, -0.2) is 0 Å². The topological polar surface area (TPSA) is 3.24 Å². The SMILES string of the molecule is CC1(C)c2cc(-c3ccc(-c4ccccc4)cc3)ccc2-c2ccc(N(c3ccc4c(c3)C(c3ccccc3)(c3ccccc3)c3ccccc3-4)c3ccc4c(c3)C3(c5ccccc5-c5ccccc53)c3ccccc3-4)cc21. The lowest BCUT2D eigenvalue weighted by atomic mass is 9.67. The molecule has 0 fully saturated rings. The van der Waals surface area contributed by atoms with Crippen LogP contribution in [0, 0.1) is 0 Å². The fourth-order valence-electron chi connectivity index (χ4n) is 14.8.